The van der Waals surface area contributed by atoms with E-state index in [1.165, 1.54) is 12.8 Å². The summed E-state index contributed by atoms with van der Waals surface area (Å²) in [6, 6.07) is 0.150. The van der Waals surface area contributed by atoms with E-state index in [2.05, 4.69) is 17.0 Å². The quantitative estimate of drug-likeness (QED) is 0.586. The van der Waals surface area contributed by atoms with E-state index in [0.29, 0.717) is 0 Å². The monoisotopic (exact) mass is 262 g/mol. The third kappa shape index (κ3) is 7.01. The van der Waals surface area contributed by atoms with Gasteiger partial charge in [-0.2, -0.15) is 0 Å². The lowest BCUT2D eigenvalue weighted by molar-refractivity contribution is 0.494. The minimum Gasteiger partial charge on any atom is -0.320 e. The Morgan fingerprint density at radius 3 is 2.53 bits per heavy atom. The van der Waals surface area contributed by atoms with Crippen molar-refractivity contribution in [3.05, 3.63) is 0 Å². The highest BCUT2D eigenvalue weighted by atomic mass is 32.2. The van der Waals surface area contributed by atoms with Crippen LogP contribution in [0.3, 0.4) is 0 Å². The molecule has 1 fully saturated rings. The molecule has 17 heavy (non-hydrogen) atoms. The lowest BCUT2D eigenvalue weighted by Crippen LogP contribution is -2.36. The number of rotatable bonds is 10. The first-order chi connectivity index (χ1) is 8.07. The third-order valence-electron chi connectivity index (χ3n) is 3.24. The molecule has 0 bridgehead atoms. The molecule has 0 aromatic carbocycles. The minimum atomic E-state index is -3.07. The van der Waals surface area contributed by atoms with Crippen LogP contribution in [0.5, 0.6) is 0 Å². The summed E-state index contributed by atoms with van der Waals surface area (Å²) in [5.74, 6) is 1.03. The van der Waals surface area contributed by atoms with Gasteiger partial charge in [-0.15, -0.1) is 0 Å². The molecular weight excluding hydrogens is 236 g/mol. The van der Waals surface area contributed by atoms with Crippen LogP contribution in [0, 0.1) is 5.92 Å². The van der Waals surface area contributed by atoms with Gasteiger partial charge in [-0.25, -0.2) is 13.1 Å². The summed E-state index contributed by atoms with van der Waals surface area (Å²) in [6.45, 7) is 2.94. The van der Waals surface area contributed by atoms with Gasteiger partial charge in [0, 0.05) is 6.04 Å². The standard InChI is InChI=1S/C12H26N2O2S/c1-3-12(10-11-6-7-11)14-17(15,16)9-5-4-8-13-2/h11-14H,3-10H2,1-2H3. The second-order valence-electron chi connectivity index (χ2n) is 5.03. The van der Waals surface area contributed by atoms with Crippen LogP contribution in [0.25, 0.3) is 0 Å². The van der Waals surface area contributed by atoms with Gasteiger partial charge < -0.3 is 5.32 Å². The first-order valence-electron chi connectivity index (χ1n) is 6.72. The molecule has 0 spiro atoms. The zero-order valence-electron chi connectivity index (χ0n) is 11.0. The van der Waals surface area contributed by atoms with Crippen molar-refractivity contribution in [2.75, 3.05) is 19.3 Å². The lowest BCUT2D eigenvalue weighted by atomic mass is 10.1. The van der Waals surface area contributed by atoms with E-state index in [1.807, 2.05) is 7.05 Å². The second kappa shape index (κ2) is 7.34. The van der Waals surface area contributed by atoms with Crippen molar-refractivity contribution in [2.24, 2.45) is 5.92 Å². The smallest absolute Gasteiger partial charge is 0.211 e. The molecule has 1 atom stereocenters. The summed E-state index contributed by atoms with van der Waals surface area (Å²) >= 11 is 0. The summed E-state index contributed by atoms with van der Waals surface area (Å²) in [6.07, 6.45) is 6.12. The Hall–Kier alpha value is -0.130. The summed E-state index contributed by atoms with van der Waals surface area (Å²) in [5.41, 5.74) is 0. The van der Waals surface area contributed by atoms with E-state index >= 15 is 0 Å². The molecule has 102 valence electrons. The van der Waals surface area contributed by atoms with Crippen LogP contribution in [0.1, 0.15) is 45.4 Å². The van der Waals surface area contributed by atoms with Crippen molar-refractivity contribution < 1.29 is 8.42 Å². The van der Waals surface area contributed by atoms with Crippen LogP contribution in [0.2, 0.25) is 0 Å². The summed E-state index contributed by atoms with van der Waals surface area (Å²) < 4.78 is 26.5. The Morgan fingerprint density at radius 1 is 1.29 bits per heavy atom. The zero-order chi connectivity index (χ0) is 12.7. The molecule has 5 heteroatoms. The van der Waals surface area contributed by atoms with Gasteiger partial charge >= 0.3 is 0 Å². The lowest BCUT2D eigenvalue weighted by Gasteiger charge is -2.16. The number of hydrogen-bond donors (Lipinski definition) is 2. The molecule has 0 amide bonds. The van der Waals surface area contributed by atoms with Crippen LogP contribution < -0.4 is 10.0 Å². The number of hydrogen-bond acceptors (Lipinski definition) is 3. The van der Waals surface area contributed by atoms with Crippen molar-refractivity contribution >= 4 is 10.0 Å². The van der Waals surface area contributed by atoms with Crippen molar-refractivity contribution in [1.29, 1.82) is 0 Å². The van der Waals surface area contributed by atoms with Crippen molar-refractivity contribution in [1.82, 2.24) is 10.0 Å². The zero-order valence-corrected chi connectivity index (χ0v) is 11.9. The molecular formula is C12H26N2O2S. The van der Waals surface area contributed by atoms with Gasteiger partial charge in [0.15, 0.2) is 0 Å². The Kier molecular flexibility index (Phi) is 6.44. The van der Waals surface area contributed by atoms with Crippen molar-refractivity contribution in [3.8, 4) is 0 Å². The Bertz CT molecular complexity index is 300. The fraction of sp³-hybridized carbons (Fsp3) is 1.00. The van der Waals surface area contributed by atoms with E-state index in [0.717, 1.165) is 38.1 Å². The van der Waals surface area contributed by atoms with Gasteiger partial charge in [-0.3, -0.25) is 0 Å². The molecule has 1 aliphatic rings. The molecule has 1 unspecified atom stereocenters. The first kappa shape index (κ1) is 14.9. The van der Waals surface area contributed by atoms with Crippen LogP contribution in [0.15, 0.2) is 0 Å². The summed E-state index contributed by atoms with van der Waals surface area (Å²) in [4.78, 5) is 0. The highest BCUT2D eigenvalue weighted by molar-refractivity contribution is 7.89. The highest BCUT2D eigenvalue weighted by Crippen LogP contribution is 2.34. The molecule has 1 saturated carbocycles. The Labute approximate surface area is 106 Å². The topological polar surface area (TPSA) is 58.2 Å². The SMILES string of the molecule is CCC(CC1CC1)NS(=O)(=O)CCCCNC. The Balaban J connectivity index is 2.24. The molecule has 0 aromatic rings. The van der Waals surface area contributed by atoms with Gasteiger partial charge in [-0.05, 0) is 45.2 Å². The molecule has 1 aliphatic carbocycles. The van der Waals surface area contributed by atoms with Gasteiger partial charge in [0.25, 0.3) is 0 Å². The molecule has 0 heterocycles. The molecule has 0 saturated heterocycles. The maximum absolute atomic E-state index is 11.8. The Morgan fingerprint density at radius 2 is 2.00 bits per heavy atom. The number of unbranched alkanes of at least 4 members (excludes halogenated alkanes) is 1. The maximum Gasteiger partial charge on any atom is 0.211 e. The van der Waals surface area contributed by atoms with Crippen LogP contribution in [-0.2, 0) is 10.0 Å². The molecule has 0 radical (unpaired) electrons. The molecule has 4 nitrogen and oxygen atoms in total. The predicted molar refractivity (Wildman–Crippen MR) is 71.5 cm³/mol. The third-order valence-corrected chi connectivity index (χ3v) is 4.76. The molecule has 1 rings (SSSR count). The second-order valence-corrected chi connectivity index (χ2v) is 6.91. The van der Waals surface area contributed by atoms with Gasteiger partial charge in [-0.1, -0.05) is 19.8 Å². The van der Waals surface area contributed by atoms with E-state index in [9.17, 15) is 8.42 Å². The molecule has 0 aliphatic heterocycles. The highest BCUT2D eigenvalue weighted by Gasteiger charge is 2.26. The van der Waals surface area contributed by atoms with Gasteiger partial charge in [0.05, 0.1) is 5.75 Å². The number of sulfonamides is 1. The van der Waals surface area contributed by atoms with Crippen LogP contribution >= 0.6 is 0 Å². The molecule has 0 aromatic heterocycles. The average molecular weight is 262 g/mol. The van der Waals surface area contributed by atoms with E-state index in [4.69, 9.17) is 0 Å². The van der Waals surface area contributed by atoms with Crippen LogP contribution in [-0.4, -0.2) is 33.8 Å². The summed E-state index contributed by atoms with van der Waals surface area (Å²) in [5, 5.41) is 3.03. The van der Waals surface area contributed by atoms with Gasteiger partial charge in [0.1, 0.15) is 0 Å². The summed E-state index contributed by atoms with van der Waals surface area (Å²) in [7, 11) is -1.18. The number of nitrogens with one attached hydrogen (secondary N) is 2. The van der Waals surface area contributed by atoms with Crippen molar-refractivity contribution in [3.63, 3.8) is 0 Å². The van der Waals surface area contributed by atoms with E-state index in [-0.39, 0.29) is 11.8 Å². The first-order valence-corrected chi connectivity index (χ1v) is 8.37. The van der Waals surface area contributed by atoms with E-state index < -0.39 is 10.0 Å². The predicted octanol–water partition coefficient (Wildman–Crippen LogP) is 1.48. The van der Waals surface area contributed by atoms with Crippen LogP contribution in [0.4, 0.5) is 0 Å². The average Bonchev–Trinajstić information content (AvgIpc) is 3.07. The normalized spacial score (nSPS) is 18.2. The van der Waals surface area contributed by atoms with Crippen molar-refractivity contribution in [2.45, 2.75) is 51.5 Å². The maximum atomic E-state index is 11.8. The largest absolute Gasteiger partial charge is 0.320 e. The van der Waals surface area contributed by atoms with Gasteiger partial charge in [0.2, 0.25) is 10.0 Å². The van der Waals surface area contributed by atoms with E-state index in [1.54, 1.807) is 0 Å². The fourth-order valence-corrected chi connectivity index (χ4v) is 3.43. The fourth-order valence-electron chi connectivity index (χ4n) is 1.96. The molecule has 2 N–H and O–H groups in total. The minimum absolute atomic E-state index is 0.150.